The first-order chi connectivity index (χ1) is 15.2. The summed E-state index contributed by atoms with van der Waals surface area (Å²) in [4.78, 5) is 16.1. The van der Waals surface area contributed by atoms with E-state index in [9.17, 15) is 4.79 Å². The van der Waals surface area contributed by atoms with Gasteiger partial charge in [0.25, 0.3) is 0 Å². The molecule has 6 heteroatoms. The molecule has 31 heavy (non-hydrogen) atoms. The maximum absolute atomic E-state index is 12.3. The number of carbonyl (C=O) groups excluding carboxylic acids is 1. The van der Waals surface area contributed by atoms with E-state index in [1.54, 1.807) is 0 Å². The number of hydrogen-bond donors (Lipinski definition) is 2. The summed E-state index contributed by atoms with van der Waals surface area (Å²) in [6.45, 7) is 6.76. The number of rotatable bonds is 10. The van der Waals surface area contributed by atoms with Crippen molar-refractivity contribution in [3.63, 3.8) is 0 Å². The lowest BCUT2D eigenvalue weighted by atomic mass is 9.96. The Bertz CT molecular complexity index is 805. The fourth-order valence-electron chi connectivity index (χ4n) is 3.80. The molecule has 1 aliphatic rings. The zero-order valence-electron chi connectivity index (χ0n) is 18.7. The van der Waals surface area contributed by atoms with E-state index in [0.29, 0.717) is 5.92 Å². The molecule has 0 radical (unpaired) electrons. The van der Waals surface area contributed by atoms with Crippen LogP contribution in [0.2, 0.25) is 0 Å². The molecule has 0 atom stereocenters. The Labute approximate surface area is 190 Å². The molecule has 2 aromatic carbocycles. The topological polar surface area (TPSA) is 53.6 Å². The number of unbranched alkanes of at least 4 members (excludes halogenated alkanes) is 1. The molecule has 3 rings (SSSR count). The molecule has 1 fully saturated rings. The average molecular weight is 442 g/mol. The van der Waals surface area contributed by atoms with E-state index in [1.165, 1.54) is 10.5 Å². The van der Waals surface area contributed by atoms with Crippen molar-refractivity contribution in [2.24, 2.45) is 5.92 Å². The van der Waals surface area contributed by atoms with Gasteiger partial charge in [-0.1, -0.05) is 31.5 Å². The summed E-state index contributed by atoms with van der Waals surface area (Å²) >= 11 is 1.81. The van der Waals surface area contributed by atoms with Gasteiger partial charge in [-0.25, -0.2) is 4.79 Å². The van der Waals surface area contributed by atoms with Crippen molar-refractivity contribution < 1.29 is 9.53 Å². The third kappa shape index (κ3) is 7.78. The molecule has 0 unspecified atom stereocenters. The second-order valence-electron chi connectivity index (χ2n) is 8.09. The standard InChI is InChI=1S/C25H35N3O2S/c1-3-4-17-30-23-11-9-22(10-12-23)27-25(29)26-18-20-13-15-28(16-14-20)19-21-7-5-6-8-24(21)31-2/h5-12,20H,3-4,13-19H2,1-2H3,(H2,26,27,29). The molecule has 1 saturated heterocycles. The predicted octanol–water partition coefficient (Wildman–Crippen LogP) is 5.62. The number of ether oxygens (including phenoxy) is 1. The Morgan fingerprint density at radius 1 is 1.13 bits per heavy atom. The van der Waals surface area contributed by atoms with Crippen molar-refractivity contribution in [2.75, 3.05) is 37.8 Å². The van der Waals surface area contributed by atoms with Gasteiger partial charge in [0.15, 0.2) is 0 Å². The van der Waals surface area contributed by atoms with Crippen molar-refractivity contribution >= 4 is 23.5 Å². The van der Waals surface area contributed by atoms with E-state index >= 15 is 0 Å². The minimum atomic E-state index is -0.143. The molecule has 0 spiro atoms. The van der Waals surface area contributed by atoms with Gasteiger partial charge in [-0.2, -0.15) is 0 Å². The Kier molecular flexibility index (Phi) is 9.56. The fraction of sp³-hybridized carbons (Fsp3) is 0.480. The van der Waals surface area contributed by atoms with Gasteiger partial charge in [0, 0.05) is 23.7 Å². The number of benzene rings is 2. The van der Waals surface area contributed by atoms with Crippen LogP contribution in [0, 0.1) is 5.92 Å². The van der Waals surface area contributed by atoms with Crippen molar-refractivity contribution in [3.8, 4) is 5.75 Å². The molecule has 5 nitrogen and oxygen atoms in total. The molecule has 2 N–H and O–H groups in total. The highest BCUT2D eigenvalue weighted by Gasteiger charge is 2.20. The Balaban J connectivity index is 1.35. The summed E-state index contributed by atoms with van der Waals surface area (Å²) in [5.41, 5.74) is 2.19. The molecule has 0 aromatic heterocycles. The number of urea groups is 1. The summed E-state index contributed by atoms with van der Waals surface area (Å²) in [6, 6.07) is 16.1. The van der Waals surface area contributed by atoms with Gasteiger partial charge in [-0.05, 0) is 80.4 Å². The van der Waals surface area contributed by atoms with E-state index in [0.717, 1.165) is 69.9 Å². The minimum Gasteiger partial charge on any atom is -0.494 e. The predicted molar refractivity (Wildman–Crippen MR) is 130 cm³/mol. The zero-order valence-corrected chi connectivity index (χ0v) is 19.5. The van der Waals surface area contributed by atoms with Crippen molar-refractivity contribution in [2.45, 2.75) is 44.0 Å². The van der Waals surface area contributed by atoms with Gasteiger partial charge in [0.1, 0.15) is 5.75 Å². The largest absolute Gasteiger partial charge is 0.494 e. The van der Waals surface area contributed by atoms with Gasteiger partial charge in [0.2, 0.25) is 0 Å². The summed E-state index contributed by atoms with van der Waals surface area (Å²) in [6.07, 6.45) is 6.53. The number of nitrogens with one attached hydrogen (secondary N) is 2. The van der Waals surface area contributed by atoms with Gasteiger partial charge in [-0.3, -0.25) is 4.90 Å². The quantitative estimate of drug-likeness (QED) is 0.371. The summed E-state index contributed by atoms with van der Waals surface area (Å²) < 4.78 is 5.66. The molecule has 1 heterocycles. The number of likely N-dealkylation sites (tertiary alicyclic amines) is 1. The van der Waals surface area contributed by atoms with Crippen LogP contribution in [-0.2, 0) is 6.54 Å². The van der Waals surface area contributed by atoms with Crippen LogP contribution in [-0.4, -0.2) is 43.4 Å². The van der Waals surface area contributed by atoms with Crippen LogP contribution < -0.4 is 15.4 Å². The number of carbonyl (C=O) groups is 1. The van der Waals surface area contributed by atoms with Crippen molar-refractivity contribution in [1.29, 1.82) is 0 Å². The number of nitrogens with zero attached hydrogens (tertiary/aromatic N) is 1. The summed E-state index contributed by atoms with van der Waals surface area (Å²) in [7, 11) is 0. The Morgan fingerprint density at radius 2 is 1.87 bits per heavy atom. The number of amides is 2. The lowest BCUT2D eigenvalue weighted by Crippen LogP contribution is -2.39. The smallest absolute Gasteiger partial charge is 0.319 e. The van der Waals surface area contributed by atoms with E-state index < -0.39 is 0 Å². The summed E-state index contributed by atoms with van der Waals surface area (Å²) in [5.74, 6) is 1.37. The SMILES string of the molecule is CCCCOc1ccc(NC(=O)NCC2CCN(Cc3ccccc3SC)CC2)cc1. The molecule has 2 amide bonds. The van der Waals surface area contributed by atoms with Crippen LogP contribution in [0.25, 0.3) is 0 Å². The maximum Gasteiger partial charge on any atom is 0.319 e. The number of hydrogen-bond acceptors (Lipinski definition) is 4. The maximum atomic E-state index is 12.3. The highest BCUT2D eigenvalue weighted by molar-refractivity contribution is 7.98. The Morgan fingerprint density at radius 3 is 2.58 bits per heavy atom. The third-order valence-corrected chi connectivity index (χ3v) is 6.56. The molecule has 0 aliphatic carbocycles. The molecule has 168 valence electrons. The normalized spacial score (nSPS) is 14.9. The van der Waals surface area contributed by atoms with Crippen LogP contribution >= 0.6 is 11.8 Å². The average Bonchev–Trinajstić information content (AvgIpc) is 2.80. The number of thioether (sulfide) groups is 1. The van der Waals surface area contributed by atoms with Crippen molar-refractivity contribution in [1.82, 2.24) is 10.2 Å². The summed E-state index contributed by atoms with van der Waals surface area (Å²) in [5, 5.41) is 5.95. The molecule has 0 bridgehead atoms. The van der Waals surface area contributed by atoms with Crippen LogP contribution in [0.15, 0.2) is 53.4 Å². The van der Waals surface area contributed by atoms with Crippen LogP contribution in [0.3, 0.4) is 0 Å². The van der Waals surface area contributed by atoms with Crippen LogP contribution in [0.4, 0.5) is 10.5 Å². The first-order valence-electron chi connectivity index (χ1n) is 11.3. The first-order valence-corrected chi connectivity index (χ1v) is 12.5. The highest BCUT2D eigenvalue weighted by Crippen LogP contribution is 2.24. The lowest BCUT2D eigenvalue weighted by Gasteiger charge is -2.32. The van der Waals surface area contributed by atoms with Crippen LogP contribution in [0.5, 0.6) is 5.75 Å². The van der Waals surface area contributed by atoms with E-state index in [1.807, 2.05) is 36.0 Å². The molecule has 1 aliphatic heterocycles. The van der Waals surface area contributed by atoms with Crippen molar-refractivity contribution in [3.05, 3.63) is 54.1 Å². The van der Waals surface area contributed by atoms with Gasteiger partial charge in [-0.15, -0.1) is 11.8 Å². The lowest BCUT2D eigenvalue weighted by molar-refractivity contribution is 0.175. The van der Waals surface area contributed by atoms with E-state index in [4.69, 9.17) is 4.74 Å². The monoisotopic (exact) mass is 441 g/mol. The van der Waals surface area contributed by atoms with E-state index in [2.05, 4.69) is 53.0 Å². The molecule has 0 saturated carbocycles. The zero-order chi connectivity index (χ0) is 21.9. The van der Waals surface area contributed by atoms with Gasteiger partial charge < -0.3 is 15.4 Å². The van der Waals surface area contributed by atoms with E-state index in [-0.39, 0.29) is 6.03 Å². The first kappa shape index (κ1) is 23.5. The molecular weight excluding hydrogens is 406 g/mol. The molecule has 2 aromatic rings. The minimum absolute atomic E-state index is 0.143. The third-order valence-electron chi connectivity index (χ3n) is 5.72. The highest BCUT2D eigenvalue weighted by atomic mass is 32.2. The molecular formula is C25H35N3O2S. The Hall–Kier alpha value is -2.18. The van der Waals surface area contributed by atoms with Crippen LogP contribution in [0.1, 0.15) is 38.2 Å². The fourth-order valence-corrected chi connectivity index (χ4v) is 4.41. The van der Waals surface area contributed by atoms with Gasteiger partial charge in [0.05, 0.1) is 6.61 Å². The second-order valence-corrected chi connectivity index (χ2v) is 8.94. The second kappa shape index (κ2) is 12.6. The number of piperidine rings is 1. The van der Waals surface area contributed by atoms with Gasteiger partial charge >= 0.3 is 6.03 Å². The number of anilines is 1.